The van der Waals surface area contributed by atoms with Crippen LogP contribution in [0.5, 0.6) is 0 Å². The lowest BCUT2D eigenvalue weighted by atomic mass is 9.94. The lowest BCUT2D eigenvalue weighted by Gasteiger charge is -2.25. The third-order valence-electron chi connectivity index (χ3n) is 3.80. The number of halogens is 3. The molecule has 1 aliphatic rings. The molecule has 1 aromatic rings. The Balaban J connectivity index is 2.22. The average molecular weight is 301 g/mol. The number of ether oxygens (including phenoxy) is 1. The Kier molecular flexibility index (Phi) is 5.65. The summed E-state index contributed by atoms with van der Waals surface area (Å²) in [5, 5.41) is 3.25. The van der Waals surface area contributed by atoms with Crippen LogP contribution in [0.1, 0.15) is 49.8 Å². The second kappa shape index (κ2) is 7.27. The molecule has 1 fully saturated rings. The fraction of sp³-hybridized carbons (Fsp3) is 0.625. The first-order valence-electron chi connectivity index (χ1n) is 7.53. The van der Waals surface area contributed by atoms with Gasteiger partial charge in [-0.05, 0) is 43.9 Å². The molecule has 1 aliphatic heterocycles. The summed E-state index contributed by atoms with van der Waals surface area (Å²) in [4.78, 5) is 0. The first kappa shape index (κ1) is 16.3. The normalized spacial score (nSPS) is 20.7. The summed E-state index contributed by atoms with van der Waals surface area (Å²) in [7, 11) is 0. The summed E-state index contributed by atoms with van der Waals surface area (Å²) in [5.74, 6) is 0. The van der Waals surface area contributed by atoms with Gasteiger partial charge >= 0.3 is 6.18 Å². The third-order valence-corrected chi connectivity index (χ3v) is 3.80. The number of nitrogens with one attached hydrogen (secondary N) is 1. The largest absolute Gasteiger partial charge is 0.416 e. The van der Waals surface area contributed by atoms with Crippen LogP contribution in [0.3, 0.4) is 0 Å². The van der Waals surface area contributed by atoms with Crippen LogP contribution in [-0.4, -0.2) is 19.3 Å². The summed E-state index contributed by atoms with van der Waals surface area (Å²) in [6, 6.07) is 5.53. The van der Waals surface area contributed by atoms with E-state index in [1.165, 1.54) is 6.07 Å². The van der Waals surface area contributed by atoms with Gasteiger partial charge in [0.25, 0.3) is 0 Å². The molecule has 0 aliphatic carbocycles. The van der Waals surface area contributed by atoms with Crippen molar-refractivity contribution in [2.45, 2.75) is 50.9 Å². The lowest BCUT2D eigenvalue weighted by molar-refractivity contribution is -0.138. The first-order valence-corrected chi connectivity index (χ1v) is 7.53. The Morgan fingerprint density at radius 3 is 2.71 bits per heavy atom. The van der Waals surface area contributed by atoms with Crippen LogP contribution in [0.25, 0.3) is 0 Å². The van der Waals surface area contributed by atoms with Crippen molar-refractivity contribution in [3.63, 3.8) is 0 Å². The predicted molar refractivity (Wildman–Crippen MR) is 76.1 cm³/mol. The highest BCUT2D eigenvalue weighted by Gasteiger charge is 2.35. The maximum Gasteiger partial charge on any atom is 0.416 e. The van der Waals surface area contributed by atoms with Crippen LogP contribution >= 0.6 is 0 Å². The van der Waals surface area contributed by atoms with E-state index >= 15 is 0 Å². The van der Waals surface area contributed by atoms with Crippen molar-refractivity contribution >= 4 is 0 Å². The van der Waals surface area contributed by atoms with Gasteiger partial charge in [0.1, 0.15) is 0 Å². The summed E-state index contributed by atoms with van der Waals surface area (Å²) in [6.07, 6.45) is -0.867. The van der Waals surface area contributed by atoms with Gasteiger partial charge in [-0.25, -0.2) is 0 Å². The molecule has 0 saturated carbocycles. The molecule has 2 unspecified atom stereocenters. The van der Waals surface area contributed by atoms with Crippen molar-refractivity contribution < 1.29 is 17.9 Å². The molecule has 2 nitrogen and oxygen atoms in total. The minimum Gasteiger partial charge on any atom is -0.378 e. The molecule has 2 rings (SSSR count). The minimum atomic E-state index is -4.32. The highest BCUT2D eigenvalue weighted by molar-refractivity contribution is 5.32. The van der Waals surface area contributed by atoms with Gasteiger partial charge in [0.05, 0.1) is 11.7 Å². The van der Waals surface area contributed by atoms with Crippen molar-refractivity contribution in [2.75, 3.05) is 13.2 Å². The van der Waals surface area contributed by atoms with E-state index in [1.54, 1.807) is 12.1 Å². The van der Waals surface area contributed by atoms with Crippen LogP contribution in [-0.2, 0) is 10.9 Å². The molecular formula is C16H22F3NO. The number of benzene rings is 1. The molecule has 0 aromatic heterocycles. The van der Waals surface area contributed by atoms with Crippen LogP contribution < -0.4 is 5.32 Å². The lowest BCUT2D eigenvalue weighted by Crippen LogP contribution is -2.28. The SMILES string of the molecule is CCCNC(CC1CCCO1)c1ccccc1C(F)(F)F. The average Bonchev–Trinajstić information content (AvgIpc) is 2.95. The monoisotopic (exact) mass is 301 g/mol. The van der Waals surface area contributed by atoms with E-state index in [0.29, 0.717) is 25.1 Å². The van der Waals surface area contributed by atoms with E-state index in [4.69, 9.17) is 4.74 Å². The molecule has 2 atom stereocenters. The summed E-state index contributed by atoms with van der Waals surface area (Å²) in [5.41, 5.74) is -0.217. The van der Waals surface area contributed by atoms with E-state index in [1.807, 2.05) is 6.92 Å². The van der Waals surface area contributed by atoms with Crippen molar-refractivity contribution in [3.05, 3.63) is 35.4 Å². The van der Waals surface area contributed by atoms with Gasteiger partial charge in [-0.3, -0.25) is 0 Å². The molecule has 0 spiro atoms. The smallest absolute Gasteiger partial charge is 0.378 e. The Morgan fingerprint density at radius 2 is 2.10 bits per heavy atom. The Hall–Kier alpha value is -1.07. The van der Waals surface area contributed by atoms with E-state index in [2.05, 4.69) is 5.32 Å². The fourth-order valence-electron chi connectivity index (χ4n) is 2.79. The number of alkyl halides is 3. The van der Waals surface area contributed by atoms with Crippen molar-refractivity contribution in [1.82, 2.24) is 5.32 Å². The molecule has 0 radical (unpaired) electrons. The molecule has 1 saturated heterocycles. The Morgan fingerprint density at radius 1 is 1.33 bits per heavy atom. The quantitative estimate of drug-likeness (QED) is 0.845. The van der Waals surface area contributed by atoms with Crippen LogP contribution in [0, 0.1) is 0 Å². The zero-order valence-corrected chi connectivity index (χ0v) is 12.2. The first-order chi connectivity index (χ1) is 10.0. The summed E-state index contributed by atoms with van der Waals surface area (Å²) in [6.45, 7) is 3.42. The standard InChI is InChI=1S/C16H22F3NO/c1-2-9-20-15(11-12-6-5-10-21-12)13-7-3-4-8-14(13)16(17,18)19/h3-4,7-8,12,15,20H,2,5-6,9-11H2,1H3. The number of rotatable bonds is 6. The van der Waals surface area contributed by atoms with E-state index in [0.717, 1.165) is 25.3 Å². The van der Waals surface area contributed by atoms with Crippen molar-refractivity contribution in [3.8, 4) is 0 Å². The van der Waals surface area contributed by atoms with Crippen molar-refractivity contribution in [2.24, 2.45) is 0 Å². The fourth-order valence-corrected chi connectivity index (χ4v) is 2.79. The van der Waals surface area contributed by atoms with Gasteiger partial charge in [-0.2, -0.15) is 13.2 Å². The van der Waals surface area contributed by atoms with Crippen LogP contribution in [0.4, 0.5) is 13.2 Å². The van der Waals surface area contributed by atoms with Gasteiger partial charge in [0, 0.05) is 12.6 Å². The zero-order chi connectivity index (χ0) is 15.3. The highest BCUT2D eigenvalue weighted by atomic mass is 19.4. The van der Waals surface area contributed by atoms with E-state index in [-0.39, 0.29) is 12.1 Å². The van der Waals surface area contributed by atoms with Gasteiger partial charge in [-0.15, -0.1) is 0 Å². The Labute approximate surface area is 123 Å². The third kappa shape index (κ3) is 4.45. The molecule has 21 heavy (non-hydrogen) atoms. The molecule has 1 N–H and O–H groups in total. The van der Waals surface area contributed by atoms with Gasteiger partial charge in [0.2, 0.25) is 0 Å². The molecule has 1 aromatic carbocycles. The van der Waals surface area contributed by atoms with Gasteiger partial charge < -0.3 is 10.1 Å². The highest BCUT2D eigenvalue weighted by Crippen LogP contribution is 2.36. The van der Waals surface area contributed by atoms with Gasteiger partial charge in [0.15, 0.2) is 0 Å². The molecule has 118 valence electrons. The van der Waals surface area contributed by atoms with E-state index in [9.17, 15) is 13.2 Å². The predicted octanol–water partition coefficient (Wildman–Crippen LogP) is 4.32. The maximum absolute atomic E-state index is 13.2. The number of hydrogen-bond acceptors (Lipinski definition) is 2. The maximum atomic E-state index is 13.2. The topological polar surface area (TPSA) is 21.3 Å². The minimum absolute atomic E-state index is 0.0562. The molecule has 1 heterocycles. The van der Waals surface area contributed by atoms with Crippen LogP contribution in [0.15, 0.2) is 24.3 Å². The summed E-state index contributed by atoms with van der Waals surface area (Å²) < 4.78 is 45.1. The van der Waals surface area contributed by atoms with Gasteiger partial charge in [-0.1, -0.05) is 25.1 Å². The molecular weight excluding hydrogens is 279 g/mol. The molecule has 0 amide bonds. The Bertz CT molecular complexity index is 441. The second-order valence-corrected chi connectivity index (χ2v) is 5.46. The molecule has 5 heteroatoms. The van der Waals surface area contributed by atoms with Crippen molar-refractivity contribution in [1.29, 1.82) is 0 Å². The van der Waals surface area contributed by atoms with E-state index < -0.39 is 11.7 Å². The zero-order valence-electron chi connectivity index (χ0n) is 12.2. The van der Waals surface area contributed by atoms with Crippen LogP contribution in [0.2, 0.25) is 0 Å². The number of hydrogen-bond donors (Lipinski definition) is 1. The second-order valence-electron chi connectivity index (χ2n) is 5.46. The summed E-state index contributed by atoms with van der Waals surface area (Å²) >= 11 is 0. The molecule has 0 bridgehead atoms.